The molecule has 2 heterocycles. The maximum Gasteiger partial charge on any atom is 0.268 e. The number of ether oxygens (including phenoxy) is 1. The Morgan fingerprint density at radius 2 is 1.81 bits per heavy atom. The molecule has 2 aromatic carbocycles. The van der Waals surface area contributed by atoms with Crippen LogP contribution >= 0.6 is 0 Å². The fourth-order valence-corrected chi connectivity index (χ4v) is 4.19. The Labute approximate surface area is 188 Å². The quantitative estimate of drug-likeness (QED) is 0.755. The summed E-state index contributed by atoms with van der Waals surface area (Å²) in [6.07, 6.45) is 3.27. The minimum Gasteiger partial charge on any atom is -0.478 e. The van der Waals surface area contributed by atoms with Crippen LogP contribution in [0.5, 0.6) is 5.75 Å². The summed E-state index contributed by atoms with van der Waals surface area (Å²) < 4.78 is 5.88. The van der Waals surface area contributed by atoms with Crippen LogP contribution in [0.25, 0.3) is 0 Å². The molecule has 1 saturated heterocycles. The molecule has 0 spiro atoms. The van der Waals surface area contributed by atoms with Gasteiger partial charge in [0.2, 0.25) is 11.8 Å². The number of hydrogen-bond acceptors (Lipinski definition) is 4. The van der Waals surface area contributed by atoms with Crippen molar-refractivity contribution in [3.8, 4) is 5.75 Å². The summed E-state index contributed by atoms with van der Waals surface area (Å²) in [6, 6.07) is 14.7. The smallest absolute Gasteiger partial charge is 0.268 e. The van der Waals surface area contributed by atoms with Gasteiger partial charge in [-0.05, 0) is 49.4 Å². The van der Waals surface area contributed by atoms with Gasteiger partial charge in [0.25, 0.3) is 5.91 Å². The van der Waals surface area contributed by atoms with Crippen LogP contribution in [-0.4, -0.2) is 48.4 Å². The summed E-state index contributed by atoms with van der Waals surface area (Å²) in [6.45, 7) is 3.33. The van der Waals surface area contributed by atoms with Gasteiger partial charge in [-0.3, -0.25) is 19.3 Å². The second-order valence-corrected chi connectivity index (χ2v) is 8.27. The van der Waals surface area contributed by atoms with Crippen molar-refractivity contribution in [3.05, 3.63) is 54.1 Å². The Bertz CT molecular complexity index is 986. The molecule has 0 radical (unpaired) electrons. The summed E-state index contributed by atoms with van der Waals surface area (Å²) in [4.78, 5) is 41.8. The van der Waals surface area contributed by atoms with Gasteiger partial charge in [0, 0.05) is 18.8 Å². The third-order valence-electron chi connectivity index (χ3n) is 5.92. The predicted octanol–water partition coefficient (Wildman–Crippen LogP) is 3.38. The number of nitrogens with zero attached hydrogens (tertiary/aromatic N) is 2. The van der Waals surface area contributed by atoms with E-state index in [0.29, 0.717) is 23.5 Å². The van der Waals surface area contributed by atoms with Crippen LogP contribution in [0.4, 0.5) is 11.4 Å². The van der Waals surface area contributed by atoms with Crippen molar-refractivity contribution in [2.45, 2.75) is 45.1 Å². The molecule has 1 atom stereocenters. The lowest BCUT2D eigenvalue weighted by Gasteiger charge is -2.36. The minimum absolute atomic E-state index is 0.0207. The highest BCUT2D eigenvalue weighted by Gasteiger charge is 2.35. The molecule has 1 unspecified atom stereocenters. The predicted molar refractivity (Wildman–Crippen MR) is 123 cm³/mol. The third-order valence-corrected chi connectivity index (χ3v) is 5.92. The molecule has 2 aromatic rings. The van der Waals surface area contributed by atoms with Gasteiger partial charge in [-0.15, -0.1) is 0 Å². The number of nitrogens with one attached hydrogen (secondary N) is 1. The molecule has 0 saturated carbocycles. The fraction of sp³-hybridized carbons (Fsp3) is 0.400. The number of rotatable bonds is 6. The van der Waals surface area contributed by atoms with Crippen molar-refractivity contribution in [3.63, 3.8) is 0 Å². The van der Waals surface area contributed by atoms with E-state index in [-0.39, 0.29) is 30.7 Å². The Morgan fingerprint density at radius 3 is 2.53 bits per heavy atom. The normalized spacial score (nSPS) is 18.0. The number of anilines is 2. The first-order chi connectivity index (χ1) is 15.5. The Morgan fingerprint density at radius 1 is 1.06 bits per heavy atom. The van der Waals surface area contributed by atoms with Gasteiger partial charge in [-0.25, -0.2) is 0 Å². The molecule has 168 valence electrons. The SMILES string of the molecule is CCC1Oc2ccc(NC(=O)Cc3ccccc3)cc2N(CC(=O)N2CCCCC2)C1=O. The van der Waals surface area contributed by atoms with Crippen molar-refractivity contribution in [1.82, 2.24) is 4.90 Å². The van der Waals surface area contributed by atoms with Gasteiger partial charge in [0.15, 0.2) is 6.10 Å². The number of fused-ring (bicyclic) bond motifs is 1. The van der Waals surface area contributed by atoms with E-state index >= 15 is 0 Å². The van der Waals surface area contributed by atoms with E-state index in [1.807, 2.05) is 42.2 Å². The first-order valence-corrected chi connectivity index (χ1v) is 11.3. The number of carbonyl (C=O) groups excluding carboxylic acids is 3. The molecular formula is C25H29N3O4. The van der Waals surface area contributed by atoms with E-state index in [0.717, 1.165) is 37.9 Å². The summed E-state index contributed by atoms with van der Waals surface area (Å²) in [5.41, 5.74) is 2.00. The Balaban J connectivity index is 1.53. The zero-order chi connectivity index (χ0) is 22.5. The largest absolute Gasteiger partial charge is 0.478 e. The monoisotopic (exact) mass is 435 g/mol. The molecular weight excluding hydrogens is 406 g/mol. The highest BCUT2D eigenvalue weighted by molar-refractivity contribution is 6.04. The minimum atomic E-state index is -0.616. The zero-order valence-electron chi connectivity index (χ0n) is 18.4. The highest BCUT2D eigenvalue weighted by Crippen LogP contribution is 2.37. The molecule has 1 fully saturated rings. The van der Waals surface area contributed by atoms with Crippen LogP contribution in [-0.2, 0) is 20.8 Å². The van der Waals surface area contributed by atoms with Gasteiger partial charge < -0.3 is 15.0 Å². The van der Waals surface area contributed by atoms with E-state index in [1.54, 1.807) is 18.2 Å². The molecule has 7 heteroatoms. The van der Waals surface area contributed by atoms with Crippen molar-refractivity contribution >= 4 is 29.1 Å². The van der Waals surface area contributed by atoms with E-state index < -0.39 is 6.10 Å². The van der Waals surface area contributed by atoms with Crippen molar-refractivity contribution in [2.75, 3.05) is 29.9 Å². The van der Waals surface area contributed by atoms with E-state index in [9.17, 15) is 14.4 Å². The molecule has 0 aromatic heterocycles. The number of amides is 3. The average Bonchev–Trinajstić information content (AvgIpc) is 2.82. The molecule has 0 aliphatic carbocycles. The standard InChI is InChI=1S/C25H29N3O4/c1-2-21-25(31)28(17-24(30)27-13-7-4-8-14-27)20-16-19(11-12-22(20)32-21)26-23(29)15-18-9-5-3-6-10-18/h3,5-6,9-12,16,21H,2,4,7-8,13-15,17H2,1H3,(H,26,29). The maximum absolute atomic E-state index is 13.1. The van der Waals surface area contributed by atoms with Crippen LogP contribution in [0.3, 0.4) is 0 Å². The first-order valence-electron chi connectivity index (χ1n) is 11.3. The Kier molecular flexibility index (Phi) is 6.73. The third kappa shape index (κ3) is 4.93. The lowest BCUT2D eigenvalue weighted by atomic mass is 10.1. The molecule has 7 nitrogen and oxygen atoms in total. The lowest BCUT2D eigenvalue weighted by Crippen LogP contribution is -2.51. The maximum atomic E-state index is 13.1. The number of hydrogen-bond donors (Lipinski definition) is 1. The summed E-state index contributed by atoms with van der Waals surface area (Å²) >= 11 is 0. The van der Waals surface area contributed by atoms with Crippen LogP contribution in [0.15, 0.2) is 48.5 Å². The van der Waals surface area contributed by atoms with E-state index in [2.05, 4.69) is 5.32 Å². The topological polar surface area (TPSA) is 79.0 Å². The van der Waals surface area contributed by atoms with Gasteiger partial charge in [-0.1, -0.05) is 37.3 Å². The summed E-state index contributed by atoms with van der Waals surface area (Å²) in [7, 11) is 0. The second-order valence-electron chi connectivity index (χ2n) is 8.27. The van der Waals surface area contributed by atoms with Crippen LogP contribution in [0.1, 0.15) is 38.2 Å². The molecule has 3 amide bonds. The highest BCUT2D eigenvalue weighted by atomic mass is 16.5. The molecule has 4 rings (SSSR count). The summed E-state index contributed by atoms with van der Waals surface area (Å²) in [5, 5.41) is 2.89. The van der Waals surface area contributed by atoms with Gasteiger partial charge in [0.05, 0.1) is 12.1 Å². The van der Waals surface area contributed by atoms with E-state index in [4.69, 9.17) is 4.74 Å². The number of benzene rings is 2. The van der Waals surface area contributed by atoms with Crippen LogP contribution in [0, 0.1) is 0 Å². The molecule has 1 N–H and O–H groups in total. The molecule has 2 aliphatic heterocycles. The Hall–Kier alpha value is -3.35. The number of likely N-dealkylation sites (tertiary alicyclic amines) is 1. The number of piperidine rings is 1. The molecule has 0 bridgehead atoms. The molecule has 32 heavy (non-hydrogen) atoms. The van der Waals surface area contributed by atoms with Crippen LogP contribution < -0.4 is 15.0 Å². The zero-order valence-corrected chi connectivity index (χ0v) is 18.4. The fourth-order valence-electron chi connectivity index (χ4n) is 4.19. The van der Waals surface area contributed by atoms with Gasteiger partial charge >= 0.3 is 0 Å². The average molecular weight is 436 g/mol. The van der Waals surface area contributed by atoms with Crippen molar-refractivity contribution < 1.29 is 19.1 Å². The van der Waals surface area contributed by atoms with Gasteiger partial charge in [0.1, 0.15) is 12.3 Å². The first kappa shape index (κ1) is 21.9. The van der Waals surface area contributed by atoms with Crippen molar-refractivity contribution in [1.29, 1.82) is 0 Å². The van der Waals surface area contributed by atoms with E-state index in [1.165, 1.54) is 4.90 Å². The number of carbonyl (C=O) groups is 3. The second kappa shape index (κ2) is 9.85. The van der Waals surface area contributed by atoms with Gasteiger partial charge in [-0.2, -0.15) is 0 Å². The van der Waals surface area contributed by atoms with Crippen LogP contribution in [0.2, 0.25) is 0 Å². The molecule has 2 aliphatic rings. The summed E-state index contributed by atoms with van der Waals surface area (Å²) in [5.74, 6) is 0.114. The lowest BCUT2D eigenvalue weighted by molar-refractivity contribution is -0.134. The van der Waals surface area contributed by atoms with Crippen molar-refractivity contribution in [2.24, 2.45) is 0 Å².